The van der Waals surface area contributed by atoms with Crippen molar-refractivity contribution >= 4 is 24.0 Å². The monoisotopic (exact) mass is 393 g/mol. The zero-order valence-electron chi connectivity index (χ0n) is 15.5. The van der Waals surface area contributed by atoms with Crippen molar-refractivity contribution in [3.8, 4) is 5.75 Å². The van der Waals surface area contributed by atoms with E-state index in [2.05, 4.69) is 19.2 Å². The topological polar surface area (TPSA) is 107 Å². The van der Waals surface area contributed by atoms with Crippen LogP contribution in [-0.4, -0.2) is 24.5 Å². The SMILES string of the molecule is COc1ccc([N+](=O)[O-])c(C(=O)NCC(N)c2ccc(C(C)C)cc2)c1.Cl. The van der Waals surface area contributed by atoms with Crippen molar-refractivity contribution in [1.82, 2.24) is 5.32 Å². The molecule has 0 radical (unpaired) electrons. The van der Waals surface area contributed by atoms with Crippen LogP contribution in [0.4, 0.5) is 5.69 Å². The minimum absolute atomic E-state index is 0. The molecule has 1 unspecified atom stereocenters. The molecule has 7 nitrogen and oxygen atoms in total. The molecular weight excluding hydrogens is 370 g/mol. The van der Waals surface area contributed by atoms with E-state index in [1.165, 1.54) is 30.9 Å². The minimum atomic E-state index is -0.598. The average molecular weight is 394 g/mol. The van der Waals surface area contributed by atoms with Crippen LogP contribution in [-0.2, 0) is 0 Å². The maximum absolute atomic E-state index is 12.4. The number of nitrogens with one attached hydrogen (secondary N) is 1. The van der Waals surface area contributed by atoms with Crippen LogP contribution < -0.4 is 15.8 Å². The second kappa shape index (κ2) is 9.89. The third kappa shape index (κ3) is 5.67. The van der Waals surface area contributed by atoms with Gasteiger partial charge in [-0.2, -0.15) is 0 Å². The molecular formula is C19H24ClN3O4. The number of ether oxygens (including phenoxy) is 1. The van der Waals surface area contributed by atoms with E-state index >= 15 is 0 Å². The third-order valence-corrected chi connectivity index (χ3v) is 4.16. The quantitative estimate of drug-likeness (QED) is 0.552. The molecule has 146 valence electrons. The van der Waals surface area contributed by atoms with Gasteiger partial charge in [0.05, 0.1) is 12.0 Å². The largest absolute Gasteiger partial charge is 0.497 e. The zero-order valence-corrected chi connectivity index (χ0v) is 16.3. The molecule has 27 heavy (non-hydrogen) atoms. The highest BCUT2D eigenvalue weighted by Crippen LogP contribution is 2.24. The highest BCUT2D eigenvalue weighted by Gasteiger charge is 2.21. The molecule has 0 saturated heterocycles. The van der Waals surface area contributed by atoms with Crippen LogP contribution in [0.3, 0.4) is 0 Å². The maximum Gasteiger partial charge on any atom is 0.282 e. The van der Waals surface area contributed by atoms with E-state index in [9.17, 15) is 14.9 Å². The zero-order chi connectivity index (χ0) is 19.3. The molecule has 0 aliphatic rings. The van der Waals surface area contributed by atoms with Crippen molar-refractivity contribution in [2.75, 3.05) is 13.7 Å². The van der Waals surface area contributed by atoms with Crippen LogP contribution in [0.1, 0.15) is 47.3 Å². The molecule has 2 rings (SSSR count). The highest BCUT2D eigenvalue weighted by molar-refractivity contribution is 5.98. The molecule has 8 heteroatoms. The lowest BCUT2D eigenvalue weighted by Gasteiger charge is -2.15. The number of nitrogens with two attached hydrogens (primary N) is 1. The van der Waals surface area contributed by atoms with Crippen molar-refractivity contribution in [3.63, 3.8) is 0 Å². The second-order valence-electron chi connectivity index (χ2n) is 6.28. The van der Waals surface area contributed by atoms with E-state index in [0.29, 0.717) is 11.7 Å². The van der Waals surface area contributed by atoms with Gasteiger partial charge in [-0.1, -0.05) is 38.1 Å². The van der Waals surface area contributed by atoms with Gasteiger partial charge in [0.25, 0.3) is 11.6 Å². The van der Waals surface area contributed by atoms with Gasteiger partial charge in [0.2, 0.25) is 0 Å². The molecule has 0 aromatic heterocycles. The summed E-state index contributed by atoms with van der Waals surface area (Å²) in [6.45, 7) is 4.38. The fraction of sp³-hybridized carbons (Fsp3) is 0.316. The van der Waals surface area contributed by atoms with Crippen molar-refractivity contribution in [3.05, 3.63) is 69.3 Å². The van der Waals surface area contributed by atoms with Gasteiger partial charge in [-0.25, -0.2) is 0 Å². The van der Waals surface area contributed by atoms with Gasteiger partial charge in [0, 0.05) is 18.7 Å². The van der Waals surface area contributed by atoms with Gasteiger partial charge >= 0.3 is 0 Å². The van der Waals surface area contributed by atoms with Gasteiger partial charge in [-0.15, -0.1) is 12.4 Å². The van der Waals surface area contributed by atoms with Crippen molar-refractivity contribution in [1.29, 1.82) is 0 Å². The first-order valence-electron chi connectivity index (χ1n) is 8.29. The number of nitro groups is 1. The number of hydrogen-bond donors (Lipinski definition) is 2. The van der Waals surface area contributed by atoms with E-state index < -0.39 is 16.9 Å². The Kier molecular flexibility index (Phi) is 8.21. The Morgan fingerprint density at radius 1 is 1.19 bits per heavy atom. The Balaban J connectivity index is 0.00000364. The number of benzene rings is 2. The van der Waals surface area contributed by atoms with Crippen LogP contribution in [0.15, 0.2) is 42.5 Å². The summed E-state index contributed by atoms with van der Waals surface area (Å²) in [7, 11) is 1.43. The molecule has 0 bridgehead atoms. The maximum atomic E-state index is 12.4. The van der Waals surface area contributed by atoms with Crippen LogP contribution >= 0.6 is 12.4 Å². The van der Waals surface area contributed by atoms with Crippen LogP contribution in [0.25, 0.3) is 0 Å². The standard InChI is InChI=1S/C19H23N3O4.ClH/c1-12(2)13-4-6-14(7-5-13)17(20)11-21-19(23)16-10-15(26-3)8-9-18(16)22(24)25;/h4-10,12,17H,11,20H2,1-3H3,(H,21,23);1H. The summed E-state index contributed by atoms with van der Waals surface area (Å²) < 4.78 is 5.04. The lowest BCUT2D eigenvalue weighted by molar-refractivity contribution is -0.385. The van der Waals surface area contributed by atoms with Crippen LogP contribution in [0.5, 0.6) is 5.75 Å². The average Bonchev–Trinajstić information content (AvgIpc) is 2.65. The molecule has 0 spiro atoms. The molecule has 0 saturated carbocycles. The van der Waals surface area contributed by atoms with E-state index in [0.717, 1.165) is 5.56 Å². The molecule has 2 aromatic carbocycles. The summed E-state index contributed by atoms with van der Waals surface area (Å²) in [5.74, 6) is 0.229. The Labute approximate surface area is 164 Å². The van der Waals surface area contributed by atoms with Gasteiger partial charge in [0.1, 0.15) is 11.3 Å². The normalized spacial score (nSPS) is 11.4. The number of carbonyl (C=O) groups is 1. The van der Waals surface area contributed by atoms with E-state index in [1.807, 2.05) is 24.3 Å². The molecule has 0 aliphatic carbocycles. The van der Waals surface area contributed by atoms with Crippen LogP contribution in [0, 0.1) is 10.1 Å². The van der Waals surface area contributed by atoms with Crippen LogP contribution in [0.2, 0.25) is 0 Å². The first kappa shape index (κ1) is 22.4. The van der Waals surface area contributed by atoms with Gasteiger partial charge in [-0.3, -0.25) is 14.9 Å². The number of nitrogens with zero attached hydrogens (tertiary/aromatic N) is 1. The van der Waals surface area contributed by atoms with Crippen molar-refractivity contribution in [2.24, 2.45) is 5.73 Å². The molecule has 0 heterocycles. The van der Waals surface area contributed by atoms with Crippen molar-refractivity contribution < 1.29 is 14.5 Å². The highest BCUT2D eigenvalue weighted by atomic mass is 35.5. The number of nitro benzene ring substituents is 1. The number of rotatable bonds is 7. The number of carbonyl (C=O) groups excluding carboxylic acids is 1. The first-order chi connectivity index (χ1) is 12.3. The molecule has 1 amide bonds. The van der Waals surface area contributed by atoms with Crippen molar-refractivity contribution in [2.45, 2.75) is 25.8 Å². The predicted octanol–water partition coefficient (Wildman–Crippen LogP) is 3.58. The van der Waals surface area contributed by atoms with Gasteiger partial charge in [-0.05, 0) is 29.2 Å². The lowest BCUT2D eigenvalue weighted by Crippen LogP contribution is -2.32. The molecule has 3 N–H and O–H groups in total. The summed E-state index contributed by atoms with van der Waals surface area (Å²) in [5, 5.41) is 13.8. The van der Waals surface area contributed by atoms with E-state index in [4.69, 9.17) is 10.5 Å². The fourth-order valence-electron chi connectivity index (χ4n) is 2.53. The summed E-state index contributed by atoms with van der Waals surface area (Å²) in [5.41, 5.74) is 7.88. The Morgan fingerprint density at radius 3 is 2.30 bits per heavy atom. The molecule has 2 aromatic rings. The number of methoxy groups -OCH3 is 1. The van der Waals surface area contributed by atoms with Gasteiger partial charge < -0.3 is 15.8 Å². The first-order valence-corrected chi connectivity index (χ1v) is 8.29. The van der Waals surface area contributed by atoms with Gasteiger partial charge in [0.15, 0.2) is 0 Å². The minimum Gasteiger partial charge on any atom is -0.497 e. The number of amides is 1. The summed E-state index contributed by atoms with van der Waals surface area (Å²) in [6.07, 6.45) is 0. The molecule has 1 atom stereocenters. The third-order valence-electron chi connectivity index (χ3n) is 4.16. The Bertz CT molecular complexity index is 794. The number of hydrogen-bond acceptors (Lipinski definition) is 5. The lowest BCUT2D eigenvalue weighted by atomic mass is 9.99. The Hall–Kier alpha value is -2.64. The van der Waals surface area contributed by atoms with E-state index in [-0.39, 0.29) is 30.2 Å². The smallest absolute Gasteiger partial charge is 0.282 e. The number of halogens is 1. The second-order valence-corrected chi connectivity index (χ2v) is 6.28. The molecule has 0 aliphatic heterocycles. The summed E-state index contributed by atoms with van der Waals surface area (Å²) >= 11 is 0. The predicted molar refractivity (Wildman–Crippen MR) is 107 cm³/mol. The summed E-state index contributed by atoms with van der Waals surface area (Å²) in [6, 6.07) is 11.5. The summed E-state index contributed by atoms with van der Waals surface area (Å²) in [4.78, 5) is 22.9. The Morgan fingerprint density at radius 2 is 1.78 bits per heavy atom. The molecule has 0 fully saturated rings. The fourth-order valence-corrected chi connectivity index (χ4v) is 2.53. The van der Waals surface area contributed by atoms with E-state index in [1.54, 1.807) is 0 Å².